The zero-order chi connectivity index (χ0) is 21.8. The van der Waals surface area contributed by atoms with Crippen molar-refractivity contribution < 1.29 is 31.1 Å². The van der Waals surface area contributed by atoms with E-state index in [4.69, 9.17) is 4.74 Å². The summed E-state index contributed by atoms with van der Waals surface area (Å²) in [6.07, 6.45) is -2.71. The number of carbonyl (C=O) groups is 1. The van der Waals surface area contributed by atoms with Crippen LogP contribution in [0.15, 0.2) is 53.4 Å². The van der Waals surface area contributed by atoms with Crippen molar-refractivity contribution in [3.05, 3.63) is 59.7 Å². The second-order valence-electron chi connectivity index (χ2n) is 6.84. The molecule has 30 heavy (non-hydrogen) atoms. The van der Waals surface area contributed by atoms with E-state index >= 15 is 0 Å². The average molecular weight is 442 g/mol. The van der Waals surface area contributed by atoms with Crippen LogP contribution in [0, 0.1) is 0 Å². The minimum Gasteiger partial charge on any atom is -0.484 e. The molecule has 0 aromatic heterocycles. The number of benzene rings is 2. The zero-order valence-electron chi connectivity index (χ0n) is 16.0. The van der Waals surface area contributed by atoms with Gasteiger partial charge < -0.3 is 10.1 Å². The highest BCUT2D eigenvalue weighted by molar-refractivity contribution is 7.89. The zero-order valence-corrected chi connectivity index (χ0v) is 16.8. The first-order chi connectivity index (χ1) is 14.2. The molecule has 0 aliphatic carbocycles. The van der Waals surface area contributed by atoms with Gasteiger partial charge in [-0.25, -0.2) is 8.42 Å². The lowest BCUT2D eigenvalue weighted by Gasteiger charge is -2.15. The molecule has 2 aromatic rings. The van der Waals surface area contributed by atoms with Crippen molar-refractivity contribution in [2.75, 3.05) is 19.7 Å². The van der Waals surface area contributed by atoms with Crippen LogP contribution in [0.1, 0.15) is 24.0 Å². The Hall–Kier alpha value is -2.59. The predicted molar refractivity (Wildman–Crippen MR) is 103 cm³/mol. The summed E-state index contributed by atoms with van der Waals surface area (Å²) in [5.74, 6) is -0.307. The maximum absolute atomic E-state index is 12.5. The van der Waals surface area contributed by atoms with E-state index in [0.29, 0.717) is 18.7 Å². The number of rotatable bonds is 7. The van der Waals surface area contributed by atoms with Gasteiger partial charge in [0.25, 0.3) is 5.91 Å². The van der Waals surface area contributed by atoms with E-state index in [0.717, 1.165) is 37.1 Å². The third-order valence-corrected chi connectivity index (χ3v) is 6.58. The van der Waals surface area contributed by atoms with Crippen molar-refractivity contribution >= 4 is 15.9 Å². The molecule has 3 rings (SSSR count). The highest BCUT2D eigenvalue weighted by Gasteiger charge is 2.30. The van der Waals surface area contributed by atoms with Crippen molar-refractivity contribution in [3.63, 3.8) is 0 Å². The molecule has 0 bridgehead atoms. The van der Waals surface area contributed by atoms with Gasteiger partial charge in [0.05, 0.1) is 10.5 Å². The Bertz CT molecular complexity index is 969. The summed E-state index contributed by atoms with van der Waals surface area (Å²) in [5, 5.41) is 2.61. The SMILES string of the molecule is O=C(COc1ccc(C(F)(F)F)cc1)NCc1ccc(S(=O)(=O)N2CCCC2)cc1. The number of hydrogen-bond donors (Lipinski definition) is 1. The number of carbonyl (C=O) groups excluding carboxylic acids is 1. The number of halogens is 3. The van der Waals surface area contributed by atoms with Gasteiger partial charge in [-0.15, -0.1) is 0 Å². The van der Waals surface area contributed by atoms with Crippen LogP contribution in [0.5, 0.6) is 5.75 Å². The first-order valence-electron chi connectivity index (χ1n) is 9.32. The van der Waals surface area contributed by atoms with E-state index < -0.39 is 27.7 Å². The minimum atomic E-state index is -4.43. The molecule has 1 fully saturated rings. The Morgan fingerprint density at radius 1 is 1.00 bits per heavy atom. The predicted octanol–water partition coefficient (Wildman–Crippen LogP) is 3.19. The van der Waals surface area contributed by atoms with Crippen LogP contribution in [0.4, 0.5) is 13.2 Å². The van der Waals surface area contributed by atoms with E-state index in [1.54, 1.807) is 12.1 Å². The van der Waals surface area contributed by atoms with Crippen molar-refractivity contribution in [2.45, 2.75) is 30.5 Å². The second kappa shape index (κ2) is 9.05. The van der Waals surface area contributed by atoms with Crippen LogP contribution in [0.2, 0.25) is 0 Å². The molecular formula is C20H21F3N2O4S. The molecule has 0 radical (unpaired) electrons. The minimum absolute atomic E-state index is 0.148. The Labute approximate surface area is 172 Å². The Morgan fingerprint density at radius 3 is 2.17 bits per heavy atom. The fourth-order valence-corrected chi connectivity index (χ4v) is 4.51. The van der Waals surface area contributed by atoms with Crippen LogP contribution in [0.25, 0.3) is 0 Å². The summed E-state index contributed by atoms with van der Waals surface area (Å²) in [6, 6.07) is 10.3. The van der Waals surface area contributed by atoms with Crippen molar-refractivity contribution in [2.24, 2.45) is 0 Å². The lowest BCUT2D eigenvalue weighted by atomic mass is 10.2. The van der Waals surface area contributed by atoms with Crippen LogP contribution < -0.4 is 10.1 Å². The summed E-state index contributed by atoms with van der Waals surface area (Å²) in [4.78, 5) is 12.1. The first kappa shape index (κ1) is 22.1. The van der Waals surface area contributed by atoms with Crippen molar-refractivity contribution in [1.29, 1.82) is 0 Å². The number of hydrogen-bond acceptors (Lipinski definition) is 4. The van der Waals surface area contributed by atoms with Gasteiger partial charge in [-0.1, -0.05) is 12.1 Å². The lowest BCUT2D eigenvalue weighted by molar-refractivity contribution is -0.137. The molecular weight excluding hydrogens is 421 g/mol. The van der Waals surface area contributed by atoms with Crippen LogP contribution in [-0.2, 0) is 27.5 Å². The standard InChI is InChI=1S/C20H21F3N2O4S/c21-20(22,23)16-5-7-17(8-6-16)29-14-19(26)24-13-15-3-9-18(10-4-15)30(27,28)25-11-1-2-12-25/h3-10H,1-2,11-14H2,(H,24,26). The summed E-state index contributed by atoms with van der Waals surface area (Å²) in [7, 11) is -3.48. The lowest BCUT2D eigenvalue weighted by Crippen LogP contribution is -2.29. The maximum Gasteiger partial charge on any atom is 0.416 e. The second-order valence-corrected chi connectivity index (χ2v) is 8.78. The molecule has 1 amide bonds. The summed E-state index contributed by atoms with van der Waals surface area (Å²) >= 11 is 0. The summed E-state index contributed by atoms with van der Waals surface area (Å²) in [6.45, 7) is 0.865. The molecule has 1 heterocycles. The van der Waals surface area contributed by atoms with Gasteiger partial charge in [0.15, 0.2) is 6.61 Å². The van der Waals surface area contributed by atoms with Crippen LogP contribution in [0.3, 0.4) is 0 Å². The van der Waals surface area contributed by atoms with Gasteiger partial charge in [-0.05, 0) is 54.8 Å². The van der Waals surface area contributed by atoms with Gasteiger partial charge in [0.1, 0.15) is 5.75 Å². The number of amides is 1. The number of ether oxygens (including phenoxy) is 1. The molecule has 1 aliphatic rings. The quantitative estimate of drug-likeness (QED) is 0.715. The van der Waals surface area contributed by atoms with Gasteiger partial charge >= 0.3 is 6.18 Å². The molecule has 6 nitrogen and oxygen atoms in total. The molecule has 162 valence electrons. The van der Waals surface area contributed by atoms with Gasteiger partial charge in [0.2, 0.25) is 10.0 Å². The molecule has 10 heteroatoms. The van der Waals surface area contributed by atoms with Gasteiger partial charge in [0, 0.05) is 19.6 Å². The Kier molecular flexibility index (Phi) is 6.67. The Morgan fingerprint density at radius 2 is 1.60 bits per heavy atom. The van der Waals surface area contributed by atoms with Crippen LogP contribution >= 0.6 is 0 Å². The molecule has 2 aromatic carbocycles. The van der Waals surface area contributed by atoms with Gasteiger partial charge in [-0.3, -0.25) is 4.79 Å². The van der Waals surface area contributed by atoms with Crippen molar-refractivity contribution in [3.8, 4) is 5.75 Å². The van der Waals surface area contributed by atoms with E-state index in [1.165, 1.54) is 16.4 Å². The normalized spacial score (nSPS) is 15.2. The number of nitrogens with one attached hydrogen (secondary N) is 1. The Balaban J connectivity index is 1.48. The van der Waals surface area contributed by atoms with E-state index in [2.05, 4.69) is 5.32 Å². The third kappa shape index (κ3) is 5.51. The van der Waals surface area contributed by atoms with E-state index in [9.17, 15) is 26.4 Å². The summed E-state index contributed by atoms with van der Waals surface area (Å²) < 4.78 is 69.2. The van der Waals surface area contributed by atoms with E-state index in [1.807, 2.05) is 0 Å². The van der Waals surface area contributed by atoms with Crippen molar-refractivity contribution in [1.82, 2.24) is 9.62 Å². The fourth-order valence-electron chi connectivity index (χ4n) is 3.00. The number of nitrogens with zero attached hydrogens (tertiary/aromatic N) is 1. The maximum atomic E-state index is 12.5. The first-order valence-corrected chi connectivity index (χ1v) is 10.8. The smallest absolute Gasteiger partial charge is 0.416 e. The molecule has 0 saturated carbocycles. The highest BCUT2D eigenvalue weighted by atomic mass is 32.2. The fraction of sp³-hybridized carbons (Fsp3) is 0.350. The molecule has 0 unspecified atom stereocenters. The summed E-state index contributed by atoms with van der Waals surface area (Å²) in [5.41, 5.74) is -0.0901. The monoisotopic (exact) mass is 442 g/mol. The molecule has 1 N–H and O–H groups in total. The number of sulfonamides is 1. The molecule has 1 aliphatic heterocycles. The molecule has 0 spiro atoms. The largest absolute Gasteiger partial charge is 0.484 e. The highest BCUT2D eigenvalue weighted by Crippen LogP contribution is 2.30. The third-order valence-electron chi connectivity index (χ3n) is 4.67. The van der Waals surface area contributed by atoms with E-state index in [-0.39, 0.29) is 23.8 Å². The molecule has 0 atom stereocenters. The number of alkyl halides is 3. The average Bonchev–Trinajstić information content (AvgIpc) is 3.26. The topological polar surface area (TPSA) is 75.7 Å². The van der Waals surface area contributed by atoms with Crippen LogP contribution in [-0.4, -0.2) is 38.3 Å². The van der Waals surface area contributed by atoms with Gasteiger partial charge in [-0.2, -0.15) is 17.5 Å². The molecule has 1 saturated heterocycles.